The summed E-state index contributed by atoms with van der Waals surface area (Å²) in [6.07, 6.45) is 13.2. The van der Waals surface area contributed by atoms with E-state index in [1.807, 2.05) is 18.5 Å². The van der Waals surface area contributed by atoms with Crippen LogP contribution in [0.5, 0.6) is 0 Å². The number of nitrogens with zero attached hydrogens (tertiary/aromatic N) is 5. The second kappa shape index (κ2) is 7.73. The van der Waals surface area contributed by atoms with Crippen molar-refractivity contribution in [3.05, 3.63) is 53.3 Å². The summed E-state index contributed by atoms with van der Waals surface area (Å²) < 4.78 is 3.48. The number of pyridine rings is 1. The molecule has 0 aliphatic heterocycles. The van der Waals surface area contributed by atoms with E-state index in [1.165, 1.54) is 25.7 Å². The summed E-state index contributed by atoms with van der Waals surface area (Å²) in [5.41, 5.74) is 2.53. The minimum absolute atomic E-state index is 0.00623. The number of aromatic nitrogens is 5. The van der Waals surface area contributed by atoms with Crippen LogP contribution in [0.4, 0.5) is 5.95 Å². The largest absolute Gasteiger partial charge is 0.351 e. The normalized spacial score (nSPS) is 14.6. The molecule has 1 fully saturated rings. The molecule has 27 heavy (non-hydrogen) atoms. The van der Waals surface area contributed by atoms with Crippen LogP contribution in [0.3, 0.4) is 0 Å². The summed E-state index contributed by atoms with van der Waals surface area (Å²) in [4.78, 5) is 20.8. The highest BCUT2D eigenvalue weighted by Gasteiger charge is 2.15. The van der Waals surface area contributed by atoms with E-state index in [1.54, 1.807) is 33.8 Å². The summed E-state index contributed by atoms with van der Waals surface area (Å²) in [6, 6.07) is 5.79. The minimum Gasteiger partial charge on any atom is -0.351 e. The predicted molar refractivity (Wildman–Crippen MR) is 105 cm³/mol. The molecule has 0 amide bonds. The van der Waals surface area contributed by atoms with Gasteiger partial charge < -0.3 is 9.88 Å². The molecule has 1 aliphatic rings. The van der Waals surface area contributed by atoms with Crippen molar-refractivity contribution in [2.24, 2.45) is 0 Å². The maximum absolute atomic E-state index is 11.9. The van der Waals surface area contributed by atoms with Gasteiger partial charge in [-0.2, -0.15) is 5.10 Å². The lowest BCUT2D eigenvalue weighted by Crippen LogP contribution is -2.19. The van der Waals surface area contributed by atoms with E-state index in [4.69, 9.17) is 0 Å². The topological polar surface area (TPSA) is 77.6 Å². The lowest BCUT2D eigenvalue weighted by molar-refractivity contribution is 0.648. The fraction of sp³-hybridized carbons (Fsp3) is 0.400. The second-order valence-corrected chi connectivity index (χ2v) is 6.99. The molecule has 4 rings (SSSR count). The molecule has 0 bridgehead atoms. The zero-order chi connectivity index (χ0) is 18.6. The molecule has 3 heterocycles. The van der Waals surface area contributed by atoms with Crippen LogP contribution in [0.25, 0.3) is 16.9 Å². The Bertz CT molecular complexity index is 953. The summed E-state index contributed by atoms with van der Waals surface area (Å²) in [5, 5.41) is 8.01. The van der Waals surface area contributed by atoms with Crippen LogP contribution in [0.15, 0.2) is 47.8 Å². The fourth-order valence-electron chi connectivity index (χ4n) is 3.48. The lowest BCUT2D eigenvalue weighted by atomic mass is 10.2. The summed E-state index contributed by atoms with van der Waals surface area (Å²) in [6.45, 7) is 2.75. The first-order chi connectivity index (χ1) is 13.2. The third kappa shape index (κ3) is 3.92. The molecule has 0 atom stereocenters. The first-order valence-corrected chi connectivity index (χ1v) is 9.58. The highest BCUT2D eigenvalue weighted by Crippen LogP contribution is 2.22. The molecular formula is C20H24N6O. The van der Waals surface area contributed by atoms with Gasteiger partial charge in [-0.1, -0.05) is 19.8 Å². The number of hydrogen-bond donors (Lipinski definition) is 1. The van der Waals surface area contributed by atoms with E-state index in [9.17, 15) is 4.79 Å². The quantitative estimate of drug-likeness (QED) is 0.726. The Kier molecular flexibility index (Phi) is 5.00. The minimum atomic E-state index is 0.00623. The van der Waals surface area contributed by atoms with E-state index in [0.717, 1.165) is 23.4 Å². The SMILES string of the molecule is CCCn1cc(-n2ccc(-c3cnc(NC4CCCC4)nc3)n2)ccc1=O. The third-order valence-electron chi connectivity index (χ3n) is 4.92. The maximum atomic E-state index is 11.9. The van der Waals surface area contributed by atoms with Gasteiger partial charge in [0.05, 0.1) is 11.4 Å². The molecule has 7 heteroatoms. The molecule has 7 nitrogen and oxygen atoms in total. The van der Waals surface area contributed by atoms with Crippen molar-refractivity contribution in [2.75, 3.05) is 5.32 Å². The van der Waals surface area contributed by atoms with Crippen molar-refractivity contribution in [2.45, 2.75) is 51.6 Å². The summed E-state index contributed by atoms with van der Waals surface area (Å²) in [5.74, 6) is 0.678. The first-order valence-electron chi connectivity index (χ1n) is 9.58. The van der Waals surface area contributed by atoms with Gasteiger partial charge in [0.2, 0.25) is 5.95 Å². The van der Waals surface area contributed by atoms with Gasteiger partial charge in [0, 0.05) is 49.0 Å². The van der Waals surface area contributed by atoms with Gasteiger partial charge in [0.15, 0.2) is 0 Å². The van der Waals surface area contributed by atoms with Crippen LogP contribution < -0.4 is 10.9 Å². The van der Waals surface area contributed by atoms with Crippen LogP contribution in [0.2, 0.25) is 0 Å². The van der Waals surface area contributed by atoms with Gasteiger partial charge in [-0.25, -0.2) is 14.6 Å². The van der Waals surface area contributed by atoms with Gasteiger partial charge in [-0.3, -0.25) is 4.79 Å². The zero-order valence-electron chi connectivity index (χ0n) is 15.5. The third-order valence-corrected chi connectivity index (χ3v) is 4.92. The molecule has 3 aromatic rings. The van der Waals surface area contributed by atoms with Gasteiger partial charge in [-0.05, 0) is 31.4 Å². The van der Waals surface area contributed by atoms with Crippen LogP contribution in [0, 0.1) is 0 Å². The van der Waals surface area contributed by atoms with E-state index in [-0.39, 0.29) is 5.56 Å². The number of hydrogen-bond acceptors (Lipinski definition) is 5. The average molecular weight is 364 g/mol. The zero-order valence-corrected chi connectivity index (χ0v) is 15.5. The molecular weight excluding hydrogens is 340 g/mol. The van der Waals surface area contributed by atoms with E-state index in [0.29, 0.717) is 18.5 Å². The van der Waals surface area contributed by atoms with Gasteiger partial charge in [0.1, 0.15) is 0 Å². The number of anilines is 1. The van der Waals surface area contributed by atoms with Gasteiger partial charge in [0.25, 0.3) is 5.56 Å². The van der Waals surface area contributed by atoms with E-state index < -0.39 is 0 Å². The number of aryl methyl sites for hydroxylation is 1. The standard InChI is InChI=1S/C20H24N6O/c1-2-10-25-14-17(7-8-19(25)27)26-11-9-18(24-26)15-12-21-20(22-13-15)23-16-5-3-4-6-16/h7-9,11-14,16H,2-6,10H2,1H3,(H,21,22,23). The van der Waals surface area contributed by atoms with E-state index >= 15 is 0 Å². The van der Waals surface area contributed by atoms with Crippen molar-refractivity contribution in [3.63, 3.8) is 0 Å². The smallest absolute Gasteiger partial charge is 0.250 e. The molecule has 0 spiro atoms. The van der Waals surface area contributed by atoms with Crippen molar-refractivity contribution >= 4 is 5.95 Å². The predicted octanol–water partition coefficient (Wildman–Crippen LogP) is 3.26. The van der Waals surface area contributed by atoms with Crippen molar-refractivity contribution < 1.29 is 0 Å². The van der Waals surface area contributed by atoms with Gasteiger partial charge >= 0.3 is 0 Å². The fourth-order valence-corrected chi connectivity index (χ4v) is 3.48. The Morgan fingerprint density at radius 3 is 2.67 bits per heavy atom. The summed E-state index contributed by atoms with van der Waals surface area (Å²) in [7, 11) is 0. The molecule has 0 saturated heterocycles. The van der Waals surface area contributed by atoms with Crippen LogP contribution >= 0.6 is 0 Å². The lowest BCUT2D eigenvalue weighted by Gasteiger charge is -2.11. The number of rotatable bonds is 6. The molecule has 1 aliphatic carbocycles. The molecule has 0 aromatic carbocycles. The average Bonchev–Trinajstić information content (AvgIpc) is 3.37. The highest BCUT2D eigenvalue weighted by molar-refractivity contribution is 5.57. The molecule has 140 valence electrons. The highest BCUT2D eigenvalue weighted by atomic mass is 16.1. The Labute approximate surface area is 158 Å². The molecule has 3 aromatic heterocycles. The summed E-state index contributed by atoms with van der Waals surface area (Å²) >= 11 is 0. The maximum Gasteiger partial charge on any atom is 0.250 e. The Balaban J connectivity index is 1.52. The van der Waals surface area contributed by atoms with Crippen LogP contribution in [-0.2, 0) is 6.54 Å². The Morgan fingerprint density at radius 1 is 1.15 bits per heavy atom. The Hall–Kier alpha value is -2.96. The van der Waals surface area contributed by atoms with Gasteiger partial charge in [-0.15, -0.1) is 0 Å². The molecule has 0 radical (unpaired) electrons. The monoisotopic (exact) mass is 364 g/mol. The van der Waals surface area contributed by atoms with Crippen LogP contribution in [0.1, 0.15) is 39.0 Å². The second-order valence-electron chi connectivity index (χ2n) is 6.99. The van der Waals surface area contributed by atoms with Crippen molar-refractivity contribution in [1.82, 2.24) is 24.3 Å². The van der Waals surface area contributed by atoms with Crippen molar-refractivity contribution in [3.8, 4) is 16.9 Å². The van der Waals surface area contributed by atoms with E-state index in [2.05, 4.69) is 27.3 Å². The van der Waals surface area contributed by atoms with Crippen LogP contribution in [-0.4, -0.2) is 30.4 Å². The molecule has 0 unspecified atom stereocenters. The molecule has 1 saturated carbocycles. The Morgan fingerprint density at radius 2 is 1.93 bits per heavy atom. The molecule has 1 N–H and O–H groups in total. The van der Waals surface area contributed by atoms with Crippen molar-refractivity contribution in [1.29, 1.82) is 0 Å². The number of nitrogens with one attached hydrogen (secondary N) is 1. The first kappa shape index (κ1) is 17.5.